The van der Waals surface area contributed by atoms with Crippen molar-refractivity contribution in [3.63, 3.8) is 0 Å². The number of hydrogen-bond acceptors (Lipinski definition) is 4. The first kappa shape index (κ1) is 11.8. The molecule has 1 heterocycles. The van der Waals surface area contributed by atoms with Gasteiger partial charge in [-0.3, -0.25) is 0 Å². The molecule has 1 aromatic carbocycles. The van der Waals surface area contributed by atoms with Crippen LogP contribution < -0.4 is 35.9 Å². The second-order valence-corrected chi connectivity index (χ2v) is 4.46. The Balaban J connectivity index is 0.000000213. The van der Waals surface area contributed by atoms with Gasteiger partial charge in [-0.05, 0) is 6.07 Å². The van der Waals surface area contributed by atoms with Crippen molar-refractivity contribution >= 4 is 21.6 Å². The summed E-state index contributed by atoms with van der Waals surface area (Å²) in [6, 6.07) is 8.40. The minimum atomic E-state index is -4.01. The molecule has 76 valence electrons. The molecule has 0 amide bonds. The topological polar surface area (TPSA) is 73.1 Å². The molecule has 0 atom stereocenters. The molecule has 0 unspecified atom stereocenters. The van der Waals surface area contributed by atoms with Crippen molar-refractivity contribution in [3.8, 4) is 0 Å². The lowest BCUT2D eigenvalue weighted by atomic mass is 10.3. The van der Waals surface area contributed by atoms with Gasteiger partial charge < -0.3 is 10.3 Å². The van der Waals surface area contributed by atoms with Gasteiger partial charge in [0.05, 0.1) is 0 Å². The van der Waals surface area contributed by atoms with Crippen LogP contribution in [0.5, 0.6) is 0 Å². The van der Waals surface area contributed by atoms with Crippen LogP contribution in [0.2, 0.25) is 0 Å². The van der Waals surface area contributed by atoms with E-state index in [1.54, 1.807) is 11.3 Å². The van der Waals surface area contributed by atoms with Crippen LogP contribution in [0.3, 0.4) is 0 Å². The standard InChI is InChI=1S/C8H8NS.IO3/c1-9-6-10-8-5-3-2-4-7(8)9;2-1(3)4/h2-6H,1H3;/q+1;-1. The molecule has 0 N–H and O–H groups in total. The number of aromatic nitrogens is 1. The van der Waals surface area contributed by atoms with Crippen molar-refractivity contribution in [2.45, 2.75) is 0 Å². The van der Waals surface area contributed by atoms with Crippen molar-refractivity contribution in [1.29, 1.82) is 0 Å². The smallest absolute Gasteiger partial charge is 0.282 e. The number of rotatable bonds is 0. The highest BCUT2D eigenvalue weighted by molar-refractivity contribution is 7.16. The summed E-state index contributed by atoms with van der Waals surface area (Å²) < 4.78 is 29.2. The third-order valence-corrected chi connectivity index (χ3v) is 2.60. The zero-order valence-electron chi connectivity index (χ0n) is 7.34. The van der Waals surface area contributed by atoms with E-state index in [0.717, 1.165) is 0 Å². The van der Waals surface area contributed by atoms with Gasteiger partial charge in [0, 0.05) is 6.07 Å². The van der Waals surface area contributed by atoms with E-state index in [0.29, 0.717) is 0 Å². The minimum Gasteiger partial charge on any atom is -0.427 e. The molecule has 14 heavy (non-hydrogen) atoms. The predicted octanol–water partition coefficient (Wildman–Crippen LogP) is -4.84. The molecule has 2 aromatic rings. The molecule has 0 saturated carbocycles. The molecule has 0 aliphatic rings. The fraction of sp³-hybridized carbons (Fsp3) is 0.125. The lowest BCUT2D eigenvalue weighted by molar-refractivity contribution is -1.73. The number of hydrogen-bond donors (Lipinski definition) is 0. The summed E-state index contributed by atoms with van der Waals surface area (Å²) in [5.41, 5.74) is 3.43. The lowest BCUT2D eigenvalue weighted by Crippen LogP contribution is -4.05. The lowest BCUT2D eigenvalue weighted by Gasteiger charge is -1.84. The molecule has 0 saturated heterocycles. The largest absolute Gasteiger partial charge is 0.427 e. The molecule has 1 aromatic heterocycles. The third kappa shape index (κ3) is 3.46. The van der Waals surface area contributed by atoms with Crippen molar-refractivity contribution in [1.82, 2.24) is 0 Å². The predicted molar refractivity (Wildman–Crippen MR) is 43.0 cm³/mol. The molecule has 4 nitrogen and oxygen atoms in total. The number of aryl methyl sites for hydroxylation is 1. The first-order valence-corrected chi connectivity index (χ1v) is 7.18. The first-order valence-electron chi connectivity index (χ1n) is 3.66. The van der Waals surface area contributed by atoms with Gasteiger partial charge in [-0.1, -0.05) is 23.5 Å². The van der Waals surface area contributed by atoms with Crippen molar-refractivity contribution in [2.24, 2.45) is 7.05 Å². The summed E-state index contributed by atoms with van der Waals surface area (Å²) in [4.78, 5) is 0. The van der Waals surface area contributed by atoms with Gasteiger partial charge in [-0.25, -0.2) is 0 Å². The van der Waals surface area contributed by atoms with Crippen molar-refractivity contribution < 1.29 is 35.9 Å². The van der Waals surface area contributed by atoms with Crippen LogP contribution in [0, 0.1) is 0 Å². The summed E-state index contributed by atoms with van der Waals surface area (Å²) in [5, 5.41) is 0. The summed E-state index contributed by atoms with van der Waals surface area (Å²) in [7, 11) is 2.07. The van der Waals surface area contributed by atoms with E-state index in [2.05, 4.69) is 41.4 Å². The Morgan fingerprint density at radius 2 is 1.79 bits per heavy atom. The van der Waals surface area contributed by atoms with Gasteiger partial charge in [0.15, 0.2) is 0 Å². The van der Waals surface area contributed by atoms with Gasteiger partial charge in [0.25, 0.3) is 21.1 Å². The van der Waals surface area contributed by atoms with Crippen LogP contribution in [0.1, 0.15) is 0 Å². The Morgan fingerprint density at radius 1 is 1.21 bits per heavy atom. The Bertz CT molecular complexity index is 401. The molecule has 0 aliphatic heterocycles. The molecule has 2 rings (SSSR count). The maximum absolute atomic E-state index is 8.57. The third-order valence-electron chi connectivity index (χ3n) is 1.58. The molecule has 6 heteroatoms. The molecule has 0 fully saturated rings. The monoisotopic (exact) mass is 325 g/mol. The fourth-order valence-electron chi connectivity index (χ4n) is 1.04. The van der Waals surface area contributed by atoms with E-state index >= 15 is 0 Å². The van der Waals surface area contributed by atoms with Gasteiger partial charge in [0.1, 0.15) is 11.7 Å². The Morgan fingerprint density at radius 3 is 2.36 bits per heavy atom. The number of benzene rings is 1. The van der Waals surface area contributed by atoms with Gasteiger partial charge in [-0.2, -0.15) is 4.57 Å². The van der Waals surface area contributed by atoms with E-state index in [1.165, 1.54) is 10.2 Å². The highest BCUT2D eigenvalue weighted by atomic mass is 127. The van der Waals surface area contributed by atoms with Crippen molar-refractivity contribution in [2.75, 3.05) is 0 Å². The summed E-state index contributed by atoms with van der Waals surface area (Å²) in [6.45, 7) is 0. The Hall–Kier alpha value is -0.280. The van der Waals surface area contributed by atoms with Gasteiger partial charge in [-0.15, -0.1) is 0 Å². The minimum absolute atomic E-state index is 1.31. The van der Waals surface area contributed by atoms with Gasteiger partial charge >= 0.3 is 0 Å². The summed E-state index contributed by atoms with van der Waals surface area (Å²) in [5.74, 6) is 0. The van der Waals surface area contributed by atoms with Crippen LogP contribution in [-0.2, 0) is 7.05 Å². The number of fused-ring (bicyclic) bond motifs is 1. The van der Waals surface area contributed by atoms with Crippen LogP contribution in [0.15, 0.2) is 29.8 Å². The average molecular weight is 325 g/mol. The van der Waals surface area contributed by atoms with E-state index in [1.807, 2.05) is 0 Å². The van der Waals surface area contributed by atoms with Crippen LogP contribution in [0.4, 0.5) is 0 Å². The highest BCUT2D eigenvalue weighted by Crippen LogP contribution is 2.13. The summed E-state index contributed by atoms with van der Waals surface area (Å²) >= 11 is -2.24. The normalized spacial score (nSPS) is 10.1. The zero-order chi connectivity index (χ0) is 10.6. The van der Waals surface area contributed by atoms with E-state index in [4.69, 9.17) is 10.3 Å². The Kier molecular flexibility index (Phi) is 4.69. The molecule has 0 aliphatic carbocycles. The number of thiazole rings is 1. The molecular weight excluding hydrogens is 317 g/mol. The van der Waals surface area contributed by atoms with Crippen LogP contribution in [0.25, 0.3) is 10.2 Å². The Labute approximate surface area is 94.1 Å². The summed E-state index contributed by atoms with van der Waals surface area (Å²) in [6.07, 6.45) is 0. The average Bonchev–Trinajstić information content (AvgIpc) is 2.48. The molecule has 0 spiro atoms. The van der Waals surface area contributed by atoms with E-state index in [-0.39, 0.29) is 0 Å². The highest BCUT2D eigenvalue weighted by Gasteiger charge is 2.03. The van der Waals surface area contributed by atoms with Crippen LogP contribution in [-0.4, -0.2) is 0 Å². The molecule has 0 radical (unpaired) electrons. The van der Waals surface area contributed by atoms with E-state index < -0.39 is 21.1 Å². The second kappa shape index (κ2) is 5.56. The second-order valence-electron chi connectivity index (χ2n) is 2.49. The number of para-hydroxylation sites is 1. The fourth-order valence-corrected chi connectivity index (χ4v) is 1.92. The first-order chi connectivity index (χ1) is 6.61. The number of halogens is 1. The van der Waals surface area contributed by atoms with Gasteiger partial charge in [0.2, 0.25) is 11.0 Å². The zero-order valence-corrected chi connectivity index (χ0v) is 10.3. The molecular formula is C8H8INO3S. The van der Waals surface area contributed by atoms with Crippen molar-refractivity contribution in [3.05, 3.63) is 29.8 Å². The SMILES string of the molecule is C[n+]1csc2ccccc21.[O-][I+2]([O-])[O-]. The molecule has 0 bridgehead atoms. The maximum Gasteiger partial charge on any atom is 0.282 e. The quantitative estimate of drug-likeness (QED) is 0.360. The van der Waals surface area contributed by atoms with Crippen LogP contribution >= 0.6 is 11.3 Å². The number of nitrogens with zero attached hydrogens (tertiary/aromatic N) is 1. The maximum atomic E-state index is 8.57. The van der Waals surface area contributed by atoms with E-state index in [9.17, 15) is 0 Å².